The molecule has 0 saturated heterocycles. The molecule has 1 rings (SSSR count). The summed E-state index contributed by atoms with van der Waals surface area (Å²) in [7, 11) is 0. The van der Waals surface area contributed by atoms with Crippen molar-refractivity contribution in [2.75, 3.05) is 0 Å². The van der Waals surface area contributed by atoms with Crippen molar-refractivity contribution >= 4 is 17.5 Å². The normalized spacial score (nSPS) is 12.3. The van der Waals surface area contributed by atoms with Crippen LogP contribution in [0.1, 0.15) is 30.6 Å². The minimum Gasteiger partial charge on any atom is -0.350 e. The number of amides is 1. The average molecular weight is 248 g/mol. The quantitative estimate of drug-likeness (QED) is 0.817. The first-order valence-electron chi connectivity index (χ1n) is 4.91. The summed E-state index contributed by atoms with van der Waals surface area (Å²) >= 11 is 5.37. The van der Waals surface area contributed by atoms with Crippen LogP contribution in [0.3, 0.4) is 0 Å². The lowest BCUT2D eigenvalue weighted by Gasteiger charge is -2.12. The zero-order valence-electron chi connectivity index (χ0n) is 8.98. The Labute approximate surface area is 97.6 Å². The molecule has 0 heterocycles. The Morgan fingerprint density at radius 3 is 2.69 bits per heavy atom. The zero-order chi connectivity index (χ0) is 12.3. The van der Waals surface area contributed by atoms with Crippen LogP contribution in [0.5, 0.6) is 0 Å². The predicted octanol–water partition coefficient (Wildman–Crippen LogP) is 3.15. The minimum atomic E-state index is -1.03. The molecule has 0 aliphatic rings. The number of nitrogens with one attached hydrogen (secondary N) is 1. The van der Waals surface area contributed by atoms with Gasteiger partial charge in [-0.2, -0.15) is 0 Å². The van der Waals surface area contributed by atoms with Crippen molar-refractivity contribution in [1.82, 2.24) is 5.32 Å². The van der Waals surface area contributed by atoms with Crippen LogP contribution in [0.2, 0.25) is 5.02 Å². The molecule has 1 unspecified atom stereocenters. The van der Waals surface area contributed by atoms with Crippen molar-refractivity contribution < 1.29 is 13.6 Å². The highest BCUT2D eigenvalue weighted by molar-refractivity contribution is 6.31. The van der Waals surface area contributed by atoms with Gasteiger partial charge in [0.25, 0.3) is 5.91 Å². The van der Waals surface area contributed by atoms with E-state index < -0.39 is 22.6 Å². The molecule has 88 valence electrons. The molecule has 0 aliphatic carbocycles. The first kappa shape index (κ1) is 12.9. The zero-order valence-corrected chi connectivity index (χ0v) is 9.74. The fourth-order valence-corrected chi connectivity index (χ4v) is 1.27. The number of hydrogen-bond donors (Lipinski definition) is 1. The number of halogens is 3. The van der Waals surface area contributed by atoms with Crippen molar-refractivity contribution in [3.8, 4) is 0 Å². The lowest BCUT2D eigenvalue weighted by molar-refractivity contribution is 0.0935. The summed E-state index contributed by atoms with van der Waals surface area (Å²) in [4.78, 5) is 11.6. The van der Waals surface area contributed by atoms with Gasteiger partial charge in [-0.25, -0.2) is 8.78 Å². The summed E-state index contributed by atoms with van der Waals surface area (Å²) in [6.07, 6.45) is 0.724. The molecule has 1 atom stereocenters. The molecule has 5 heteroatoms. The topological polar surface area (TPSA) is 29.1 Å². The van der Waals surface area contributed by atoms with Gasteiger partial charge in [-0.05, 0) is 25.5 Å². The minimum absolute atomic E-state index is 0.0734. The molecule has 0 aromatic heterocycles. The first-order valence-corrected chi connectivity index (χ1v) is 5.29. The summed E-state index contributed by atoms with van der Waals surface area (Å²) < 4.78 is 26.3. The van der Waals surface area contributed by atoms with Crippen LogP contribution in [-0.4, -0.2) is 11.9 Å². The lowest BCUT2D eigenvalue weighted by atomic mass is 10.1. The van der Waals surface area contributed by atoms with E-state index >= 15 is 0 Å². The fourth-order valence-electron chi connectivity index (χ4n) is 1.10. The van der Waals surface area contributed by atoms with E-state index in [1.165, 1.54) is 0 Å². The highest BCUT2D eigenvalue weighted by Crippen LogP contribution is 2.21. The second-order valence-electron chi connectivity index (χ2n) is 3.51. The van der Waals surface area contributed by atoms with E-state index in [1.54, 1.807) is 6.92 Å². The van der Waals surface area contributed by atoms with Crippen molar-refractivity contribution in [2.45, 2.75) is 26.3 Å². The van der Waals surface area contributed by atoms with Gasteiger partial charge >= 0.3 is 0 Å². The van der Waals surface area contributed by atoms with E-state index in [2.05, 4.69) is 5.32 Å². The highest BCUT2D eigenvalue weighted by atomic mass is 35.5. The maximum Gasteiger partial charge on any atom is 0.254 e. The van der Waals surface area contributed by atoms with E-state index in [4.69, 9.17) is 11.6 Å². The molecule has 1 amide bonds. The van der Waals surface area contributed by atoms with E-state index in [-0.39, 0.29) is 11.6 Å². The number of benzene rings is 1. The maximum absolute atomic E-state index is 13.4. The Morgan fingerprint density at radius 2 is 2.12 bits per heavy atom. The molecule has 16 heavy (non-hydrogen) atoms. The Bertz CT molecular complexity index is 409. The van der Waals surface area contributed by atoms with Crippen molar-refractivity contribution in [1.29, 1.82) is 0 Å². The van der Waals surface area contributed by atoms with Crippen molar-refractivity contribution in [3.05, 3.63) is 34.4 Å². The van der Waals surface area contributed by atoms with Crippen LogP contribution in [0, 0.1) is 11.6 Å². The summed E-state index contributed by atoms with van der Waals surface area (Å²) in [5, 5.41) is 1.92. The Kier molecular flexibility index (Phi) is 4.24. The molecular weight excluding hydrogens is 236 g/mol. The molecule has 1 N–H and O–H groups in total. The number of hydrogen-bond acceptors (Lipinski definition) is 1. The first-order chi connectivity index (χ1) is 7.47. The molecule has 0 saturated carbocycles. The summed E-state index contributed by atoms with van der Waals surface area (Å²) in [5.74, 6) is -2.49. The third kappa shape index (κ3) is 2.70. The smallest absolute Gasteiger partial charge is 0.254 e. The molecule has 1 aromatic carbocycles. The summed E-state index contributed by atoms with van der Waals surface area (Å²) in [6.45, 7) is 3.68. The Morgan fingerprint density at radius 1 is 1.50 bits per heavy atom. The largest absolute Gasteiger partial charge is 0.350 e. The molecule has 0 aliphatic heterocycles. The lowest BCUT2D eigenvalue weighted by Crippen LogP contribution is -2.32. The molecule has 0 spiro atoms. The van der Waals surface area contributed by atoms with Crippen molar-refractivity contribution in [3.63, 3.8) is 0 Å². The molecule has 0 fully saturated rings. The van der Waals surface area contributed by atoms with Crippen LogP contribution in [0.4, 0.5) is 8.78 Å². The van der Waals surface area contributed by atoms with E-state index in [0.29, 0.717) is 0 Å². The van der Waals surface area contributed by atoms with E-state index in [1.807, 2.05) is 6.92 Å². The van der Waals surface area contributed by atoms with Crippen LogP contribution < -0.4 is 5.32 Å². The molecular formula is C11H12ClF2NO. The van der Waals surface area contributed by atoms with Crippen LogP contribution in [0.15, 0.2) is 12.1 Å². The highest BCUT2D eigenvalue weighted by Gasteiger charge is 2.18. The number of carbonyl (C=O) groups excluding carboxylic acids is 1. The van der Waals surface area contributed by atoms with Gasteiger partial charge in [0.15, 0.2) is 5.82 Å². The third-order valence-electron chi connectivity index (χ3n) is 2.27. The second kappa shape index (κ2) is 5.25. The van der Waals surface area contributed by atoms with Gasteiger partial charge < -0.3 is 5.32 Å². The predicted molar refractivity (Wildman–Crippen MR) is 58.6 cm³/mol. The monoisotopic (exact) mass is 247 g/mol. The van der Waals surface area contributed by atoms with Crippen LogP contribution >= 0.6 is 11.6 Å². The third-order valence-corrected chi connectivity index (χ3v) is 2.62. The van der Waals surface area contributed by atoms with Gasteiger partial charge in [0, 0.05) is 6.04 Å². The number of carbonyl (C=O) groups is 1. The number of rotatable bonds is 3. The Balaban J connectivity index is 2.97. The van der Waals surface area contributed by atoms with Crippen molar-refractivity contribution in [2.24, 2.45) is 0 Å². The van der Waals surface area contributed by atoms with Gasteiger partial charge in [-0.15, -0.1) is 0 Å². The van der Waals surface area contributed by atoms with Crippen LogP contribution in [-0.2, 0) is 0 Å². The second-order valence-corrected chi connectivity index (χ2v) is 3.88. The SMILES string of the molecule is CCC(C)NC(=O)c1ccc(F)c(Cl)c1F. The van der Waals surface area contributed by atoms with Crippen LogP contribution in [0.25, 0.3) is 0 Å². The fraction of sp³-hybridized carbons (Fsp3) is 0.364. The van der Waals surface area contributed by atoms with Gasteiger partial charge in [-0.1, -0.05) is 18.5 Å². The average Bonchev–Trinajstić information content (AvgIpc) is 2.25. The van der Waals surface area contributed by atoms with Gasteiger partial charge in [0.2, 0.25) is 0 Å². The summed E-state index contributed by atoms with van der Waals surface area (Å²) in [5.41, 5.74) is -0.244. The van der Waals surface area contributed by atoms with E-state index in [0.717, 1.165) is 18.6 Å². The molecule has 0 radical (unpaired) electrons. The Hall–Kier alpha value is -1.16. The van der Waals surface area contributed by atoms with Gasteiger partial charge in [-0.3, -0.25) is 4.79 Å². The summed E-state index contributed by atoms with van der Waals surface area (Å²) in [6, 6.07) is 1.97. The van der Waals surface area contributed by atoms with Gasteiger partial charge in [0.05, 0.1) is 5.56 Å². The van der Waals surface area contributed by atoms with Gasteiger partial charge in [0.1, 0.15) is 10.8 Å². The molecule has 2 nitrogen and oxygen atoms in total. The van der Waals surface area contributed by atoms with E-state index in [9.17, 15) is 13.6 Å². The maximum atomic E-state index is 13.4. The molecule has 0 bridgehead atoms. The standard InChI is InChI=1S/C11H12ClF2NO/c1-3-6(2)15-11(16)7-4-5-8(13)9(12)10(7)14/h4-6H,3H2,1-2H3,(H,15,16). The molecule has 1 aromatic rings.